The molecule has 0 heterocycles. The van der Waals surface area contributed by atoms with E-state index in [4.69, 9.17) is 10.8 Å². The molecule has 0 radical (unpaired) electrons. The second-order valence-corrected chi connectivity index (χ2v) is 4.46. The summed E-state index contributed by atoms with van der Waals surface area (Å²) in [5.41, 5.74) is 4.97. The predicted octanol–water partition coefficient (Wildman–Crippen LogP) is 1.33. The Labute approximate surface area is 101 Å². The number of hydrogen-bond donors (Lipinski definition) is 3. The van der Waals surface area contributed by atoms with Crippen LogP contribution in [0.25, 0.3) is 0 Å². The highest BCUT2D eigenvalue weighted by molar-refractivity contribution is 5.70. The summed E-state index contributed by atoms with van der Waals surface area (Å²) in [5.74, 6) is -1.53. The number of benzene rings is 1. The van der Waals surface area contributed by atoms with E-state index >= 15 is 0 Å². The van der Waals surface area contributed by atoms with Gasteiger partial charge in [0.2, 0.25) is 0 Å². The number of aliphatic carboxylic acids is 1. The van der Waals surface area contributed by atoms with Crippen molar-refractivity contribution in [2.75, 3.05) is 6.54 Å². The Kier molecular flexibility index (Phi) is 4.66. The Morgan fingerprint density at radius 3 is 2.47 bits per heavy atom. The molecular formula is C13H19NO3. The molecule has 4 N–H and O–H groups in total. The molecule has 0 amide bonds. The van der Waals surface area contributed by atoms with Gasteiger partial charge in [-0.25, -0.2) is 0 Å². The Morgan fingerprint density at radius 2 is 2.00 bits per heavy atom. The lowest BCUT2D eigenvalue weighted by molar-refractivity contribution is -0.144. The Morgan fingerprint density at radius 1 is 1.41 bits per heavy atom. The molecule has 0 aliphatic rings. The summed E-state index contributed by atoms with van der Waals surface area (Å²) in [7, 11) is 0. The van der Waals surface area contributed by atoms with Crippen molar-refractivity contribution in [2.24, 2.45) is 11.7 Å². The number of aliphatic hydroxyl groups is 1. The third kappa shape index (κ3) is 3.84. The van der Waals surface area contributed by atoms with E-state index in [1.807, 2.05) is 18.2 Å². The SMILES string of the molecule is CC(O)(CC(CCN)C(=O)O)c1ccccc1. The summed E-state index contributed by atoms with van der Waals surface area (Å²) in [4.78, 5) is 11.0. The van der Waals surface area contributed by atoms with Crippen LogP contribution in [-0.4, -0.2) is 22.7 Å². The first-order chi connectivity index (χ1) is 7.97. The number of carboxylic acids is 1. The van der Waals surface area contributed by atoms with Gasteiger partial charge in [-0.3, -0.25) is 4.79 Å². The molecule has 2 atom stereocenters. The first-order valence-corrected chi connectivity index (χ1v) is 5.68. The van der Waals surface area contributed by atoms with Crippen LogP contribution in [0.3, 0.4) is 0 Å². The molecule has 4 heteroatoms. The van der Waals surface area contributed by atoms with Gasteiger partial charge >= 0.3 is 5.97 Å². The van der Waals surface area contributed by atoms with E-state index in [9.17, 15) is 9.90 Å². The quantitative estimate of drug-likeness (QED) is 0.697. The van der Waals surface area contributed by atoms with Crippen LogP contribution in [0.1, 0.15) is 25.3 Å². The van der Waals surface area contributed by atoms with Crippen LogP contribution in [0, 0.1) is 5.92 Å². The third-order valence-corrected chi connectivity index (χ3v) is 2.90. The molecule has 1 rings (SSSR count). The van der Waals surface area contributed by atoms with Crippen molar-refractivity contribution >= 4 is 5.97 Å². The van der Waals surface area contributed by atoms with Crippen molar-refractivity contribution in [3.63, 3.8) is 0 Å². The van der Waals surface area contributed by atoms with Crippen molar-refractivity contribution in [1.29, 1.82) is 0 Å². The van der Waals surface area contributed by atoms with Crippen LogP contribution >= 0.6 is 0 Å². The number of carbonyl (C=O) groups is 1. The van der Waals surface area contributed by atoms with Crippen LogP contribution < -0.4 is 5.73 Å². The molecule has 0 spiro atoms. The van der Waals surface area contributed by atoms with Crippen LogP contribution in [0.4, 0.5) is 0 Å². The maximum Gasteiger partial charge on any atom is 0.306 e. The highest BCUT2D eigenvalue weighted by atomic mass is 16.4. The predicted molar refractivity (Wildman–Crippen MR) is 65.4 cm³/mol. The lowest BCUT2D eigenvalue weighted by Gasteiger charge is -2.27. The second-order valence-electron chi connectivity index (χ2n) is 4.46. The van der Waals surface area contributed by atoms with Gasteiger partial charge in [0.1, 0.15) is 0 Å². The Balaban J connectivity index is 2.80. The van der Waals surface area contributed by atoms with Crippen molar-refractivity contribution in [3.05, 3.63) is 35.9 Å². The summed E-state index contributed by atoms with van der Waals surface area (Å²) in [6, 6.07) is 9.09. The molecule has 0 aliphatic heterocycles. The van der Waals surface area contributed by atoms with Crippen molar-refractivity contribution in [1.82, 2.24) is 0 Å². The summed E-state index contributed by atoms with van der Waals surface area (Å²) < 4.78 is 0. The number of carboxylic acid groups (broad SMARTS) is 1. The van der Waals surface area contributed by atoms with Gasteiger partial charge in [0, 0.05) is 0 Å². The zero-order valence-corrected chi connectivity index (χ0v) is 9.97. The molecular weight excluding hydrogens is 218 g/mol. The Hall–Kier alpha value is -1.39. The van der Waals surface area contributed by atoms with E-state index in [-0.39, 0.29) is 6.42 Å². The second kappa shape index (κ2) is 5.80. The molecule has 1 aromatic rings. The van der Waals surface area contributed by atoms with Gasteiger partial charge in [-0.2, -0.15) is 0 Å². The number of rotatable bonds is 6. The summed E-state index contributed by atoms with van der Waals surface area (Å²) in [5, 5.41) is 19.4. The number of nitrogens with two attached hydrogens (primary N) is 1. The van der Waals surface area contributed by atoms with Gasteiger partial charge in [0.05, 0.1) is 11.5 Å². The van der Waals surface area contributed by atoms with E-state index in [1.54, 1.807) is 19.1 Å². The van der Waals surface area contributed by atoms with Gasteiger partial charge in [-0.05, 0) is 31.9 Å². The van der Waals surface area contributed by atoms with Crippen LogP contribution in [0.2, 0.25) is 0 Å². The molecule has 17 heavy (non-hydrogen) atoms. The normalized spacial score (nSPS) is 16.2. The standard InChI is InChI=1S/C13H19NO3/c1-13(17,11-5-3-2-4-6-11)9-10(7-8-14)12(15)16/h2-6,10,17H,7-9,14H2,1H3,(H,15,16). The van der Waals surface area contributed by atoms with Crippen LogP contribution in [0.15, 0.2) is 30.3 Å². The lowest BCUT2D eigenvalue weighted by atomic mass is 9.85. The van der Waals surface area contributed by atoms with E-state index in [0.717, 1.165) is 5.56 Å². The maximum absolute atomic E-state index is 11.0. The van der Waals surface area contributed by atoms with Gasteiger partial charge in [0.25, 0.3) is 0 Å². The highest BCUT2D eigenvalue weighted by Gasteiger charge is 2.30. The maximum atomic E-state index is 11.0. The van der Waals surface area contributed by atoms with Gasteiger partial charge in [-0.15, -0.1) is 0 Å². The molecule has 0 saturated heterocycles. The molecule has 0 fully saturated rings. The smallest absolute Gasteiger partial charge is 0.306 e. The average molecular weight is 237 g/mol. The zero-order valence-electron chi connectivity index (χ0n) is 9.97. The van der Waals surface area contributed by atoms with Gasteiger partial charge in [-0.1, -0.05) is 30.3 Å². The highest BCUT2D eigenvalue weighted by Crippen LogP contribution is 2.29. The van der Waals surface area contributed by atoms with Gasteiger partial charge < -0.3 is 15.9 Å². The van der Waals surface area contributed by atoms with E-state index < -0.39 is 17.5 Å². The summed E-state index contributed by atoms with van der Waals surface area (Å²) >= 11 is 0. The molecule has 0 saturated carbocycles. The average Bonchev–Trinajstić information content (AvgIpc) is 2.29. The first kappa shape index (κ1) is 13.7. The lowest BCUT2D eigenvalue weighted by Crippen LogP contribution is -2.30. The molecule has 0 aromatic heterocycles. The molecule has 1 aromatic carbocycles. The molecule has 4 nitrogen and oxygen atoms in total. The fourth-order valence-corrected chi connectivity index (χ4v) is 1.91. The largest absolute Gasteiger partial charge is 0.481 e. The first-order valence-electron chi connectivity index (χ1n) is 5.68. The van der Waals surface area contributed by atoms with Gasteiger partial charge in [0.15, 0.2) is 0 Å². The zero-order chi connectivity index (χ0) is 12.9. The van der Waals surface area contributed by atoms with Crippen molar-refractivity contribution < 1.29 is 15.0 Å². The molecule has 0 bridgehead atoms. The van der Waals surface area contributed by atoms with Crippen LogP contribution in [0.5, 0.6) is 0 Å². The minimum absolute atomic E-state index is 0.170. The fraction of sp³-hybridized carbons (Fsp3) is 0.462. The van der Waals surface area contributed by atoms with E-state index in [2.05, 4.69) is 0 Å². The fourth-order valence-electron chi connectivity index (χ4n) is 1.91. The molecule has 94 valence electrons. The molecule has 0 aliphatic carbocycles. The van der Waals surface area contributed by atoms with E-state index in [0.29, 0.717) is 13.0 Å². The minimum atomic E-state index is -1.14. The van der Waals surface area contributed by atoms with Crippen molar-refractivity contribution in [3.8, 4) is 0 Å². The number of hydrogen-bond acceptors (Lipinski definition) is 3. The van der Waals surface area contributed by atoms with Crippen LogP contribution in [-0.2, 0) is 10.4 Å². The van der Waals surface area contributed by atoms with E-state index in [1.165, 1.54) is 0 Å². The minimum Gasteiger partial charge on any atom is -0.481 e. The summed E-state index contributed by atoms with van der Waals surface area (Å²) in [6.45, 7) is 1.94. The Bertz CT molecular complexity index is 362. The molecule has 2 unspecified atom stereocenters. The summed E-state index contributed by atoms with van der Waals surface area (Å²) in [6.07, 6.45) is 0.544. The monoisotopic (exact) mass is 237 g/mol. The topological polar surface area (TPSA) is 83.5 Å². The third-order valence-electron chi connectivity index (χ3n) is 2.90. The van der Waals surface area contributed by atoms with Crippen molar-refractivity contribution in [2.45, 2.75) is 25.4 Å².